The number of rotatable bonds is 2. The van der Waals surface area contributed by atoms with Crippen LogP contribution in [0.3, 0.4) is 0 Å². The topological polar surface area (TPSA) is 55.8 Å². The molecule has 1 amide bonds. The molecule has 0 saturated carbocycles. The number of piperazine rings is 1. The van der Waals surface area contributed by atoms with Gasteiger partial charge in [-0.2, -0.15) is 4.98 Å². The van der Waals surface area contributed by atoms with Crippen molar-refractivity contribution in [1.82, 2.24) is 19.8 Å². The van der Waals surface area contributed by atoms with Gasteiger partial charge in [-0.15, -0.1) is 0 Å². The van der Waals surface area contributed by atoms with Gasteiger partial charge in [0.1, 0.15) is 11.0 Å². The summed E-state index contributed by atoms with van der Waals surface area (Å²) < 4.78 is 0. The summed E-state index contributed by atoms with van der Waals surface area (Å²) in [4.78, 5) is 29.6. The Kier molecular flexibility index (Phi) is 4.69. The van der Waals surface area contributed by atoms with E-state index in [1.54, 1.807) is 6.92 Å². The fraction of sp³-hybridized carbons (Fsp3) is 0.722. The molecule has 142 valence electrons. The highest BCUT2D eigenvalue weighted by atomic mass is 35.5. The standard InChI is InChI=1S/C18H27ClN6O/c1-14(26)23-5-3-18(4-6-23)12-25(13-18)16-11-15(19)20-17(21-16)24-9-7-22(2)8-10-24/h11H,3-10,12-13H2,1-2H3. The molecular formula is C18H27ClN6O. The molecule has 4 rings (SSSR count). The molecule has 3 aliphatic heterocycles. The number of anilines is 2. The first kappa shape index (κ1) is 17.8. The molecule has 0 bridgehead atoms. The number of nitrogens with zero attached hydrogens (tertiary/aromatic N) is 6. The van der Waals surface area contributed by atoms with Gasteiger partial charge < -0.3 is 19.6 Å². The maximum atomic E-state index is 11.5. The van der Waals surface area contributed by atoms with E-state index in [-0.39, 0.29) is 5.91 Å². The zero-order valence-corrected chi connectivity index (χ0v) is 16.4. The van der Waals surface area contributed by atoms with Crippen LogP contribution in [0.4, 0.5) is 11.8 Å². The van der Waals surface area contributed by atoms with Crippen molar-refractivity contribution in [3.05, 3.63) is 11.2 Å². The van der Waals surface area contributed by atoms with E-state index >= 15 is 0 Å². The quantitative estimate of drug-likeness (QED) is 0.724. The van der Waals surface area contributed by atoms with Gasteiger partial charge in [-0.25, -0.2) is 4.98 Å². The third-order valence-corrected chi connectivity index (χ3v) is 6.30. The van der Waals surface area contributed by atoms with Crippen LogP contribution in [0.2, 0.25) is 5.15 Å². The Morgan fingerprint density at radius 3 is 2.31 bits per heavy atom. The molecule has 4 heterocycles. The summed E-state index contributed by atoms with van der Waals surface area (Å²) in [6, 6.07) is 1.87. The lowest BCUT2D eigenvalue weighted by molar-refractivity contribution is -0.131. The van der Waals surface area contributed by atoms with E-state index in [0.717, 1.165) is 77.0 Å². The van der Waals surface area contributed by atoms with Gasteiger partial charge in [-0.3, -0.25) is 4.79 Å². The van der Waals surface area contributed by atoms with Crippen molar-refractivity contribution in [2.45, 2.75) is 19.8 Å². The van der Waals surface area contributed by atoms with Crippen LogP contribution in [0.25, 0.3) is 0 Å². The van der Waals surface area contributed by atoms with Crippen LogP contribution in [0.1, 0.15) is 19.8 Å². The van der Waals surface area contributed by atoms with Crippen molar-refractivity contribution >= 4 is 29.3 Å². The molecule has 1 spiro atoms. The van der Waals surface area contributed by atoms with Crippen molar-refractivity contribution in [3.63, 3.8) is 0 Å². The van der Waals surface area contributed by atoms with Crippen molar-refractivity contribution in [1.29, 1.82) is 0 Å². The van der Waals surface area contributed by atoms with Crippen LogP contribution < -0.4 is 9.80 Å². The third kappa shape index (κ3) is 3.47. The zero-order valence-electron chi connectivity index (χ0n) is 15.6. The molecule has 3 aliphatic rings. The maximum Gasteiger partial charge on any atom is 0.228 e. The number of halogens is 1. The minimum atomic E-state index is 0.190. The SMILES string of the molecule is CC(=O)N1CCC2(CC1)CN(c1cc(Cl)nc(N3CCN(C)CC3)n1)C2. The summed E-state index contributed by atoms with van der Waals surface area (Å²) in [7, 11) is 2.14. The highest BCUT2D eigenvalue weighted by Gasteiger charge is 2.45. The van der Waals surface area contributed by atoms with Crippen molar-refractivity contribution in [2.24, 2.45) is 5.41 Å². The normalized spacial score (nSPS) is 23.3. The second-order valence-electron chi connectivity index (χ2n) is 8.00. The van der Waals surface area contributed by atoms with Crippen LogP contribution in [-0.4, -0.2) is 85.1 Å². The largest absolute Gasteiger partial charge is 0.355 e. The lowest BCUT2D eigenvalue weighted by Gasteiger charge is -2.54. The lowest BCUT2D eigenvalue weighted by atomic mass is 9.72. The Labute approximate surface area is 159 Å². The van der Waals surface area contributed by atoms with E-state index in [9.17, 15) is 4.79 Å². The third-order valence-electron chi connectivity index (χ3n) is 6.10. The van der Waals surface area contributed by atoms with Crippen LogP contribution in [0.5, 0.6) is 0 Å². The van der Waals surface area contributed by atoms with Gasteiger partial charge in [-0.1, -0.05) is 11.6 Å². The predicted octanol–water partition coefficient (Wildman–Crippen LogP) is 1.33. The van der Waals surface area contributed by atoms with Crippen molar-refractivity contribution < 1.29 is 4.79 Å². The van der Waals surface area contributed by atoms with E-state index in [1.165, 1.54) is 0 Å². The summed E-state index contributed by atoms with van der Waals surface area (Å²) in [6.45, 7) is 9.30. The number of aromatic nitrogens is 2. The van der Waals surface area contributed by atoms with Gasteiger partial charge in [0.25, 0.3) is 0 Å². The molecule has 8 heteroatoms. The number of carbonyl (C=O) groups excluding carboxylic acids is 1. The first-order valence-electron chi connectivity index (χ1n) is 9.43. The lowest BCUT2D eigenvalue weighted by Crippen LogP contribution is -2.61. The highest BCUT2D eigenvalue weighted by molar-refractivity contribution is 6.29. The fourth-order valence-electron chi connectivity index (χ4n) is 4.24. The number of amides is 1. The number of hydrogen-bond donors (Lipinski definition) is 0. The molecule has 0 N–H and O–H groups in total. The first-order chi connectivity index (χ1) is 12.4. The van der Waals surface area contributed by atoms with Gasteiger partial charge in [0.15, 0.2) is 0 Å². The van der Waals surface area contributed by atoms with Crippen molar-refractivity contribution in [3.8, 4) is 0 Å². The summed E-state index contributed by atoms with van der Waals surface area (Å²) in [5, 5.41) is 0.510. The maximum absolute atomic E-state index is 11.5. The smallest absolute Gasteiger partial charge is 0.228 e. The average molecular weight is 379 g/mol. The van der Waals surface area contributed by atoms with E-state index in [4.69, 9.17) is 16.6 Å². The Bertz CT molecular complexity index is 674. The van der Waals surface area contributed by atoms with Crippen molar-refractivity contribution in [2.75, 3.05) is 69.2 Å². The summed E-state index contributed by atoms with van der Waals surface area (Å²) in [5.74, 6) is 1.86. The van der Waals surface area contributed by atoms with Crippen LogP contribution in [0, 0.1) is 5.41 Å². The van der Waals surface area contributed by atoms with E-state index in [2.05, 4.69) is 26.7 Å². The van der Waals surface area contributed by atoms with Crippen LogP contribution in [0.15, 0.2) is 6.07 Å². The zero-order chi connectivity index (χ0) is 18.3. The molecule has 1 aromatic rings. The average Bonchev–Trinajstić information content (AvgIpc) is 2.59. The first-order valence-corrected chi connectivity index (χ1v) is 9.80. The molecule has 0 radical (unpaired) electrons. The highest BCUT2D eigenvalue weighted by Crippen LogP contribution is 2.42. The van der Waals surface area contributed by atoms with Crippen LogP contribution >= 0.6 is 11.6 Å². The summed E-state index contributed by atoms with van der Waals surface area (Å²) in [6.07, 6.45) is 2.15. The van der Waals surface area contributed by atoms with Crippen LogP contribution in [-0.2, 0) is 4.79 Å². The molecule has 0 unspecified atom stereocenters. The van der Waals surface area contributed by atoms with Gasteiger partial charge in [0.2, 0.25) is 11.9 Å². The van der Waals surface area contributed by atoms with Gasteiger partial charge in [0, 0.05) is 70.8 Å². The van der Waals surface area contributed by atoms with E-state index in [0.29, 0.717) is 10.6 Å². The number of likely N-dealkylation sites (tertiary alicyclic amines) is 1. The molecule has 26 heavy (non-hydrogen) atoms. The number of piperidine rings is 1. The second-order valence-corrected chi connectivity index (χ2v) is 8.39. The molecule has 0 aromatic carbocycles. The number of likely N-dealkylation sites (N-methyl/N-ethyl adjacent to an activating group) is 1. The van der Waals surface area contributed by atoms with Gasteiger partial charge >= 0.3 is 0 Å². The molecule has 0 aliphatic carbocycles. The Morgan fingerprint density at radius 1 is 1.04 bits per heavy atom. The number of hydrogen-bond acceptors (Lipinski definition) is 6. The molecule has 3 saturated heterocycles. The van der Waals surface area contributed by atoms with Gasteiger partial charge in [0.05, 0.1) is 0 Å². The summed E-state index contributed by atoms with van der Waals surface area (Å²) in [5.41, 5.74) is 0.331. The Morgan fingerprint density at radius 2 is 1.69 bits per heavy atom. The molecule has 3 fully saturated rings. The fourth-order valence-corrected chi connectivity index (χ4v) is 4.41. The Hall–Kier alpha value is -1.60. The molecule has 1 aromatic heterocycles. The second kappa shape index (κ2) is 6.85. The number of carbonyl (C=O) groups is 1. The summed E-state index contributed by atoms with van der Waals surface area (Å²) >= 11 is 6.30. The monoisotopic (exact) mass is 378 g/mol. The molecule has 0 atom stereocenters. The molecule has 7 nitrogen and oxygen atoms in total. The van der Waals surface area contributed by atoms with E-state index in [1.807, 2.05) is 11.0 Å². The predicted molar refractivity (Wildman–Crippen MR) is 103 cm³/mol. The molecular weight excluding hydrogens is 352 g/mol. The van der Waals surface area contributed by atoms with E-state index < -0.39 is 0 Å². The minimum Gasteiger partial charge on any atom is -0.355 e. The van der Waals surface area contributed by atoms with Gasteiger partial charge in [-0.05, 0) is 19.9 Å². The minimum absolute atomic E-state index is 0.190. The Balaban J connectivity index is 1.41.